The van der Waals surface area contributed by atoms with Gasteiger partial charge in [0.25, 0.3) is 0 Å². The van der Waals surface area contributed by atoms with Gasteiger partial charge in [-0.3, -0.25) is 0 Å². The molecule has 0 bridgehead atoms. The summed E-state index contributed by atoms with van der Waals surface area (Å²) in [4.78, 5) is 7.43. The zero-order valence-corrected chi connectivity index (χ0v) is 9.88. The van der Waals surface area contributed by atoms with Crippen molar-refractivity contribution >= 4 is 11.0 Å². The molecule has 1 aromatic heterocycles. The second-order valence-corrected chi connectivity index (χ2v) is 4.27. The number of nitrogens with zero attached hydrogens (tertiary/aromatic N) is 1. The number of halogens is 1. The maximum atomic E-state index is 13.4. The van der Waals surface area contributed by atoms with Crippen LogP contribution in [0.5, 0.6) is 0 Å². The zero-order chi connectivity index (χ0) is 12.1. The molecule has 4 heteroatoms. The highest BCUT2D eigenvalue weighted by molar-refractivity contribution is 5.75. The summed E-state index contributed by atoms with van der Waals surface area (Å²) in [6, 6.07) is 4.98. The Kier molecular flexibility index (Phi) is 4.09. The van der Waals surface area contributed by atoms with Crippen LogP contribution in [0.3, 0.4) is 0 Å². The van der Waals surface area contributed by atoms with Crippen LogP contribution in [0.2, 0.25) is 0 Å². The predicted molar refractivity (Wildman–Crippen MR) is 67.3 cm³/mol. The summed E-state index contributed by atoms with van der Waals surface area (Å²) >= 11 is 0. The molecular formula is C13H18FN3. The number of nitrogens with two attached hydrogens (primary N) is 1. The summed E-state index contributed by atoms with van der Waals surface area (Å²) in [6.45, 7) is 0.760. The third-order valence-electron chi connectivity index (χ3n) is 2.88. The number of fused-ring (bicyclic) bond motifs is 1. The Bertz CT molecular complexity index is 478. The third-order valence-corrected chi connectivity index (χ3v) is 2.88. The van der Waals surface area contributed by atoms with E-state index in [0.29, 0.717) is 5.52 Å². The van der Waals surface area contributed by atoms with E-state index in [-0.39, 0.29) is 5.82 Å². The highest BCUT2D eigenvalue weighted by Crippen LogP contribution is 2.16. The number of unbranched alkanes of at least 4 members (excludes halogenated alkanes) is 3. The summed E-state index contributed by atoms with van der Waals surface area (Å²) in [7, 11) is 0. The molecule has 17 heavy (non-hydrogen) atoms. The molecule has 1 aromatic carbocycles. The van der Waals surface area contributed by atoms with Crippen LogP contribution in [0, 0.1) is 5.82 Å². The van der Waals surface area contributed by atoms with E-state index >= 15 is 0 Å². The topological polar surface area (TPSA) is 54.7 Å². The molecule has 0 saturated carbocycles. The van der Waals surface area contributed by atoms with Crippen LogP contribution in [0.4, 0.5) is 4.39 Å². The number of H-pyrrole nitrogens is 1. The lowest BCUT2D eigenvalue weighted by atomic mass is 10.1. The van der Waals surface area contributed by atoms with Gasteiger partial charge >= 0.3 is 0 Å². The van der Waals surface area contributed by atoms with Gasteiger partial charge in [0.05, 0.1) is 5.52 Å². The number of aromatic amines is 1. The van der Waals surface area contributed by atoms with Gasteiger partial charge < -0.3 is 10.7 Å². The number of imidazole rings is 1. The molecule has 0 fully saturated rings. The molecule has 0 saturated heterocycles. The molecule has 1 heterocycles. The Morgan fingerprint density at radius 2 is 2.00 bits per heavy atom. The van der Waals surface area contributed by atoms with Crippen LogP contribution < -0.4 is 5.73 Å². The number of rotatable bonds is 6. The average Bonchev–Trinajstić information content (AvgIpc) is 2.73. The fourth-order valence-corrected chi connectivity index (χ4v) is 1.96. The van der Waals surface area contributed by atoms with Gasteiger partial charge in [-0.05, 0) is 31.5 Å². The van der Waals surface area contributed by atoms with E-state index in [9.17, 15) is 4.39 Å². The molecule has 0 aliphatic heterocycles. The molecule has 0 radical (unpaired) electrons. The minimum absolute atomic E-state index is 0.256. The summed E-state index contributed by atoms with van der Waals surface area (Å²) in [5, 5.41) is 0. The SMILES string of the molecule is NCCCCCCc1nc2c(F)cccc2[nH]1. The number of aryl methyl sites for hydroxylation is 1. The summed E-state index contributed by atoms with van der Waals surface area (Å²) < 4.78 is 13.4. The Balaban J connectivity index is 1.93. The number of benzene rings is 1. The number of para-hydroxylation sites is 1. The van der Waals surface area contributed by atoms with E-state index in [2.05, 4.69) is 9.97 Å². The highest BCUT2D eigenvalue weighted by Gasteiger charge is 2.06. The van der Waals surface area contributed by atoms with Gasteiger partial charge in [0.15, 0.2) is 5.82 Å². The van der Waals surface area contributed by atoms with Crippen molar-refractivity contribution in [2.45, 2.75) is 32.1 Å². The van der Waals surface area contributed by atoms with Crippen molar-refractivity contribution < 1.29 is 4.39 Å². The number of aromatic nitrogens is 2. The standard InChI is InChI=1S/C13H18FN3/c14-10-6-5-7-11-13(10)17-12(16-11)8-3-1-2-4-9-15/h5-7H,1-4,8-9,15H2,(H,16,17). The molecule has 0 unspecified atom stereocenters. The molecule has 0 spiro atoms. The third kappa shape index (κ3) is 3.03. The minimum Gasteiger partial charge on any atom is -0.342 e. The quantitative estimate of drug-likeness (QED) is 0.756. The molecule has 0 aliphatic carbocycles. The van der Waals surface area contributed by atoms with Gasteiger partial charge in [0.1, 0.15) is 11.3 Å². The lowest BCUT2D eigenvalue weighted by molar-refractivity contribution is 0.632. The minimum atomic E-state index is -0.256. The maximum Gasteiger partial charge on any atom is 0.151 e. The summed E-state index contributed by atoms with van der Waals surface area (Å²) in [6.07, 6.45) is 5.33. The van der Waals surface area contributed by atoms with Gasteiger partial charge in [0.2, 0.25) is 0 Å². The molecule has 3 nitrogen and oxygen atoms in total. The van der Waals surface area contributed by atoms with Gasteiger partial charge in [-0.1, -0.05) is 18.9 Å². The number of hydrogen-bond donors (Lipinski definition) is 2. The fraction of sp³-hybridized carbons (Fsp3) is 0.462. The lowest BCUT2D eigenvalue weighted by Gasteiger charge is -1.97. The monoisotopic (exact) mass is 235 g/mol. The molecular weight excluding hydrogens is 217 g/mol. The Labute approximate surface area is 100 Å². The van der Waals surface area contributed by atoms with E-state index in [1.54, 1.807) is 6.07 Å². The summed E-state index contributed by atoms with van der Waals surface area (Å²) in [5.74, 6) is 0.617. The highest BCUT2D eigenvalue weighted by atomic mass is 19.1. The molecule has 0 aliphatic rings. The number of nitrogens with one attached hydrogen (secondary N) is 1. The Hall–Kier alpha value is -1.42. The van der Waals surface area contributed by atoms with Gasteiger partial charge in [-0.15, -0.1) is 0 Å². The van der Waals surface area contributed by atoms with Crippen molar-refractivity contribution in [3.8, 4) is 0 Å². The van der Waals surface area contributed by atoms with Crippen molar-refractivity contribution in [3.05, 3.63) is 29.8 Å². The summed E-state index contributed by atoms with van der Waals surface area (Å²) in [5.41, 5.74) is 6.66. The van der Waals surface area contributed by atoms with Crippen LogP contribution in [-0.4, -0.2) is 16.5 Å². The van der Waals surface area contributed by atoms with Gasteiger partial charge in [0, 0.05) is 6.42 Å². The first-order valence-corrected chi connectivity index (χ1v) is 6.14. The molecule has 0 amide bonds. The molecule has 2 rings (SSSR count). The Morgan fingerprint density at radius 1 is 1.18 bits per heavy atom. The smallest absolute Gasteiger partial charge is 0.151 e. The van der Waals surface area contributed by atoms with E-state index in [1.165, 1.54) is 6.07 Å². The molecule has 3 N–H and O–H groups in total. The normalized spacial score (nSPS) is 11.2. The van der Waals surface area contributed by atoms with Crippen molar-refractivity contribution in [2.75, 3.05) is 6.54 Å². The number of hydrogen-bond acceptors (Lipinski definition) is 2. The second-order valence-electron chi connectivity index (χ2n) is 4.27. The van der Waals surface area contributed by atoms with E-state index in [4.69, 9.17) is 5.73 Å². The van der Waals surface area contributed by atoms with E-state index < -0.39 is 0 Å². The first kappa shape index (κ1) is 12.0. The van der Waals surface area contributed by atoms with Crippen LogP contribution in [0.15, 0.2) is 18.2 Å². The molecule has 0 atom stereocenters. The maximum absolute atomic E-state index is 13.4. The fourth-order valence-electron chi connectivity index (χ4n) is 1.96. The van der Waals surface area contributed by atoms with Crippen molar-refractivity contribution in [1.82, 2.24) is 9.97 Å². The predicted octanol–water partition coefficient (Wildman–Crippen LogP) is 2.76. The average molecular weight is 235 g/mol. The van der Waals surface area contributed by atoms with Crippen molar-refractivity contribution in [2.24, 2.45) is 5.73 Å². The van der Waals surface area contributed by atoms with Crippen LogP contribution in [0.1, 0.15) is 31.5 Å². The second kappa shape index (κ2) is 5.77. The van der Waals surface area contributed by atoms with Crippen LogP contribution >= 0.6 is 0 Å². The van der Waals surface area contributed by atoms with Crippen LogP contribution in [0.25, 0.3) is 11.0 Å². The first-order chi connectivity index (χ1) is 8.31. The Morgan fingerprint density at radius 3 is 2.76 bits per heavy atom. The molecule has 92 valence electrons. The zero-order valence-electron chi connectivity index (χ0n) is 9.88. The van der Waals surface area contributed by atoms with Crippen molar-refractivity contribution in [3.63, 3.8) is 0 Å². The van der Waals surface area contributed by atoms with Gasteiger partial charge in [-0.2, -0.15) is 0 Å². The molecule has 2 aromatic rings. The van der Waals surface area contributed by atoms with Crippen LogP contribution in [-0.2, 0) is 6.42 Å². The van der Waals surface area contributed by atoms with Crippen molar-refractivity contribution in [1.29, 1.82) is 0 Å². The largest absolute Gasteiger partial charge is 0.342 e. The van der Waals surface area contributed by atoms with Gasteiger partial charge in [-0.25, -0.2) is 9.37 Å². The van der Waals surface area contributed by atoms with E-state index in [0.717, 1.165) is 50.0 Å². The van der Waals surface area contributed by atoms with E-state index in [1.807, 2.05) is 6.07 Å². The first-order valence-electron chi connectivity index (χ1n) is 6.14. The lowest BCUT2D eigenvalue weighted by Crippen LogP contribution is -1.98.